The predicted molar refractivity (Wildman–Crippen MR) is 79.2 cm³/mol. The molecule has 0 saturated carbocycles. The van der Waals surface area contributed by atoms with Gasteiger partial charge >= 0.3 is 0 Å². The van der Waals surface area contributed by atoms with Crippen molar-refractivity contribution in [1.29, 1.82) is 0 Å². The number of fused-ring (bicyclic) bond motifs is 2. The van der Waals surface area contributed by atoms with Gasteiger partial charge in [0.15, 0.2) is 0 Å². The highest BCUT2D eigenvalue weighted by atomic mass is 79.9. The van der Waals surface area contributed by atoms with Crippen LogP contribution in [0.5, 0.6) is 11.5 Å². The number of hydrogen-bond acceptors (Lipinski definition) is 4. The first-order chi connectivity index (χ1) is 9.68. The number of aromatic nitrogens is 2. The third-order valence-electron chi connectivity index (χ3n) is 3.99. The van der Waals surface area contributed by atoms with Crippen LogP contribution in [-0.2, 0) is 19.9 Å². The van der Waals surface area contributed by atoms with E-state index in [4.69, 9.17) is 15.2 Å². The zero-order valence-electron chi connectivity index (χ0n) is 11.1. The topological polar surface area (TPSA) is 62.3 Å². The van der Waals surface area contributed by atoms with Crippen LogP contribution in [-0.4, -0.2) is 23.0 Å². The van der Waals surface area contributed by atoms with E-state index in [0.29, 0.717) is 19.0 Å². The summed E-state index contributed by atoms with van der Waals surface area (Å²) in [6, 6.07) is 0. The number of hydrogen-bond donors (Lipinski definition) is 1. The molecule has 2 N–H and O–H groups in total. The molecule has 0 atom stereocenters. The van der Waals surface area contributed by atoms with Gasteiger partial charge in [0.25, 0.3) is 0 Å². The van der Waals surface area contributed by atoms with Crippen molar-refractivity contribution in [1.82, 2.24) is 9.78 Å². The van der Waals surface area contributed by atoms with Crippen LogP contribution in [0.15, 0.2) is 10.7 Å². The Kier molecular flexibility index (Phi) is 2.51. The van der Waals surface area contributed by atoms with Gasteiger partial charge < -0.3 is 15.2 Å². The van der Waals surface area contributed by atoms with Crippen molar-refractivity contribution >= 4 is 21.7 Å². The lowest BCUT2D eigenvalue weighted by molar-refractivity contribution is 0.354. The number of halogens is 1. The van der Waals surface area contributed by atoms with E-state index in [9.17, 15) is 0 Å². The Bertz CT molecular complexity index is 689. The standard InChI is InChI=1S/C14H14BrN3O2/c1-18-14(16)9(6-17-18)10-7-2-4-20-13(7)11(15)8-3-5-19-12(8)10/h6H,2-5,16H2,1H3. The summed E-state index contributed by atoms with van der Waals surface area (Å²) in [6.45, 7) is 1.40. The minimum absolute atomic E-state index is 0.652. The maximum atomic E-state index is 6.15. The lowest BCUT2D eigenvalue weighted by Crippen LogP contribution is -2.00. The fourth-order valence-corrected chi connectivity index (χ4v) is 3.71. The molecule has 0 bridgehead atoms. The second-order valence-electron chi connectivity index (χ2n) is 5.07. The molecule has 0 aliphatic carbocycles. The maximum Gasteiger partial charge on any atom is 0.137 e. The Morgan fingerprint density at radius 2 is 1.90 bits per heavy atom. The number of nitrogens with zero attached hydrogens (tertiary/aromatic N) is 2. The first-order valence-corrected chi connectivity index (χ1v) is 7.38. The van der Waals surface area contributed by atoms with E-state index in [-0.39, 0.29) is 0 Å². The number of anilines is 1. The molecule has 5 nitrogen and oxygen atoms in total. The second-order valence-corrected chi connectivity index (χ2v) is 5.86. The average Bonchev–Trinajstić information content (AvgIpc) is 3.14. The first-order valence-electron chi connectivity index (χ1n) is 6.59. The number of benzene rings is 1. The van der Waals surface area contributed by atoms with Crippen molar-refractivity contribution in [2.24, 2.45) is 7.05 Å². The number of nitrogen functional groups attached to an aromatic ring is 1. The van der Waals surface area contributed by atoms with Crippen LogP contribution >= 0.6 is 15.9 Å². The summed E-state index contributed by atoms with van der Waals surface area (Å²) < 4.78 is 14.4. The van der Waals surface area contributed by atoms with Gasteiger partial charge in [-0.1, -0.05) is 0 Å². The Labute approximate surface area is 124 Å². The Morgan fingerprint density at radius 1 is 1.20 bits per heavy atom. The van der Waals surface area contributed by atoms with Gasteiger partial charge in [-0.3, -0.25) is 4.68 Å². The molecule has 1 aromatic heterocycles. The van der Waals surface area contributed by atoms with Crippen molar-refractivity contribution < 1.29 is 9.47 Å². The lowest BCUT2D eigenvalue weighted by atomic mass is 9.95. The van der Waals surface area contributed by atoms with Crippen LogP contribution in [0.1, 0.15) is 11.1 Å². The van der Waals surface area contributed by atoms with Gasteiger partial charge in [0.1, 0.15) is 17.3 Å². The number of rotatable bonds is 1. The molecular weight excluding hydrogens is 322 g/mol. The van der Waals surface area contributed by atoms with Gasteiger partial charge in [-0.15, -0.1) is 0 Å². The van der Waals surface area contributed by atoms with Crippen molar-refractivity contribution in [3.8, 4) is 22.6 Å². The minimum Gasteiger partial charge on any atom is -0.492 e. The fourth-order valence-electron chi connectivity index (χ4n) is 2.98. The van der Waals surface area contributed by atoms with Crippen LogP contribution in [0.4, 0.5) is 5.82 Å². The van der Waals surface area contributed by atoms with E-state index < -0.39 is 0 Å². The highest BCUT2D eigenvalue weighted by molar-refractivity contribution is 9.10. The van der Waals surface area contributed by atoms with Crippen LogP contribution in [0.25, 0.3) is 11.1 Å². The van der Waals surface area contributed by atoms with Crippen LogP contribution in [0.3, 0.4) is 0 Å². The maximum absolute atomic E-state index is 6.15. The highest BCUT2D eigenvalue weighted by Gasteiger charge is 2.32. The van der Waals surface area contributed by atoms with E-state index in [1.165, 1.54) is 5.56 Å². The summed E-state index contributed by atoms with van der Waals surface area (Å²) >= 11 is 3.66. The molecule has 0 amide bonds. The Balaban J connectivity index is 2.07. The summed E-state index contributed by atoms with van der Waals surface area (Å²) in [5, 5.41) is 4.25. The third kappa shape index (κ3) is 1.45. The molecule has 4 rings (SSSR count). The summed E-state index contributed by atoms with van der Waals surface area (Å²) in [6.07, 6.45) is 3.56. The van der Waals surface area contributed by atoms with Gasteiger partial charge in [0.2, 0.25) is 0 Å². The molecule has 2 aliphatic rings. The van der Waals surface area contributed by atoms with Gasteiger partial charge in [0, 0.05) is 42.1 Å². The van der Waals surface area contributed by atoms with Crippen LogP contribution in [0.2, 0.25) is 0 Å². The molecule has 0 saturated heterocycles. The summed E-state index contributed by atoms with van der Waals surface area (Å²) in [5.74, 6) is 2.52. The molecule has 0 fully saturated rings. The Hall–Kier alpha value is -1.69. The van der Waals surface area contributed by atoms with Gasteiger partial charge in [-0.05, 0) is 15.9 Å². The van der Waals surface area contributed by atoms with Crippen molar-refractivity contribution in [3.63, 3.8) is 0 Å². The molecule has 0 spiro atoms. The second kappa shape index (κ2) is 4.15. The van der Waals surface area contributed by atoms with E-state index >= 15 is 0 Å². The predicted octanol–water partition coefficient (Wildman–Crippen LogP) is 2.30. The van der Waals surface area contributed by atoms with Crippen LogP contribution in [0, 0.1) is 0 Å². The smallest absolute Gasteiger partial charge is 0.137 e. The highest BCUT2D eigenvalue weighted by Crippen LogP contribution is 2.51. The molecule has 2 aromatic rings. The molecule has 2 aliphatic heterocycles. The van der Waals surface area contributed by atoms with Gasteiger partial charge in [-0.2, -0.15) is 5.10 Å². The van der Waals surface area contributed by atoms with E-state index in [1.807, 2.05) is 7.05 Å². The summed E-state index contributed by atoms with van der Waals surface area (Å²) in [4.78, 5) is 0. The molecule has 1 aromatic carbocycles. The largest absolute Gasteiger partial charge is 0.492 e. The molecule has 3 heterocycles. The van der Waals surface area contributed by atoms with E-state index in [2.05, 4.69) is 21.0 Å². The molecule has 0 radical (unpaired) electrons. The zero-order chi connectivity index (χ0) is 13.9. The molecule has 6 heteroatoms. The van der Waals surface area contributed by atoms with Crippen molar-refractivity contribution in [3.05, 3.63) is 21.8 Å². The number of aryl methyl sites for hydroxylation is 1. The summed E-state index contributed by atoms with van der Waals surface area (Å²) in [5.41, 5.74) is 10.5. The van der Waals surface area contributed by atoms with Crippen molar-refractivity contribution in [2.45, 2.75) is 12.8 Å². The molecule has 0 unspecified atom stereocenters. The first kappa shape index (κ1) is 12.1. The number of ether oxygens (including phenoxy) is 2. The Morgan fingerprint density at radius 3 is 2.60 bits per heavy atom. The quantitative estimate of drug-likeness (QED) is 0.868. The summed E-state index contributed by atoms with van der Waals surface area (Å²) in [7, 11) is 1.84. The SMILES string of the molecule is Cn1ncc(-c2c3c(c(Br)c4c2OCC4)OCC3)c1N. The average molecular weight is 336 g/mol. The van der Waals surface area contributed by atoms with Crippen LogP contribution < -0.4 is 15.2 Å². The molecular formula is C14H14BrN3O2. The molecule has 104 valence electrons. The monoisotopic (exact) mass is 335 g/mol. The van der Waals surface area contributed by atoms with Crippen molar-refractivity contribution in [2.75, 3.05) is 18.9 Å². The van der Waals surface area contributed by atoms with Gasteiger partial charge in [0.05, 0.1) is 23.9 Å². The van der Waals surface area contributed by atoms with Gasteiger partial charge in [-0.25, -0.2) is 0 Å². The fraction of sp³-hybridized carbons (Fsp3) is 0.357. The molecule has 20 heavy (non-hydrogen) atoms. The van der Waals surface area contributed by atoms with E-state index in [1.54, 1.807) is 10.9 Å². The third-order valence-corrected chi connectivity index (χ3v) is 4.83. The number of nitrogens with two attached hydrogens (primary N) is 1. The van der Waals surface area contributed by atoms with E-state index in [0.717, 1.165) is 45.5 Å². The lowest BCUT2D eigenvalue weighted by Gasteiger charge is -2.14. The minimum atomic E-state index is 0.652. The zero-order valence-corrected chi connectivity index (χ0v) is 12.7. The normalized spacial score (nSPS) is 15.7.